The van der Waals surface area contributed by atoms with Gasteiger partial charge in [-0.15, -0.1) is 5.10 Å². The van der Waals surface area contributed by atoms with Crippen LogP contribution in [0.15, 0.2) is 14.9 Å². The quantitative estimate of drug-likeness (QED) is 0.421. The number of nitrogens with zero attached hydrogens (tertiary/aromatic N) is 12. The molecule has 2 aromatic rings. The first-order valence-corrected chi connectivity index (χ1v) is 3.58. The van der Waals surface area contributed by atoms with Gasteiger partial charge in [0, 0.05) is 9.82 Å². The zero-order valence-corrected chi connectivity index (χ0v) is 7.27. The monoisotopic (exact) mass is 220 g/mol. The van der Waals surface area contributed by atoms with Crippen molar-refractivity contribution in [2.75, 3.05) is 0 Å². The third-order valence-electron chi connectivity index (χ3n) is 1.38. The largest absolute Gasteiger partial charge is 0.245 e. The fraction of sp³-hybridized carbons (Fsp3) is 0. The highest BCUT2D eigenvalue weighted by atomic mass is 16.6. The molecular weight excluding hydrogens is 220 g/mol. The van der Waals surface area contributed by atoms with Gasteiger partial charge in [-0.25, -0.2) is 4.63 Å². The van der Waals surface area contributed by atoms with Crippen molar-refractivity contribution in [1.29, 1.82) is 0 Å². The van der Waals surface area contributed by atoms with E-state index >= 15 is 0 Å². The van der Waals surface area contributed by atoms with Crippen molar-refractivity contribution in [2.24, 2.45) is 10.2 Å². The van der Waals surface area contributed by atoms with Gasteiger partial charge in [-0.3, -0.25) is 0 Å². The van der Waals surface area contributed by atoms with Crippen molar-refractivity contribution < 1.29 is 4.63 Å². The first kappa shape index (κ1) is 9.39. The lowest BCUT2D eigenvalue weighted by atomic mass is 10.6. The van der Waals surface area contributed by atoms with E-state index in [9.17, 15) is 0 Å². The SMILES string of the molecule is [N-]=[N+]=Nc1nonc1-n1nnnc1N=[N+]=[N-]. The summed E-state index contributed by atoms with van der Waals surface area (Å²) in [5, 5.41) is 23.2. The number of aromatic nitrogens is 6. The number of tetrazole rings is 1. The van der Waals surface area contributed by atoms with Gasteiger partial charge in [0.2, 0.25) is 17.6 Å². The molecule has 0 unspecified atom stereocenters. The highest BCUT2D eigenvalue weighted by Crippen LogP contribution is 2.21. The van der Waals surface area contributed by atoms with Crippen LogP contribution in [-0.4, -0.2) is 30.5 Å². The van der Waals surface area contributed by atoms with Crippen molar-refractivity contribution in [1.82, 2.24) is 30.5 Å². The van der Waals surface area contributed by atoms with Crippen molar-refractivity contribution in [3.63, 3.8) is 0 Å². The van der Waals surface area contributed by atoms with Crippen LogP contribution in [0.25, 0.3) is 26.7 Å². The molecule has 13 heteroatoms. The third-order valence-corrected chi connectivity index (χ3v) is 1.38. The molecule has 0 N–H and O–H groups in total. The normalized spacial score (nSPS) is 9.25. The molecule has 0 atom stereocenters. The van der Waals surface area contributed by atoms with E-state index < -0.39 is 0 Å². The molecule has 0 fully saturated rings. The molecule has 2 heterocycles. The van der Waals surface area contributed by atoms with E-state index in [0.717, 1.165) is 4.68 Å². The Morgan fingerprint density at radius 2 is 2.00 bits per heavy atom. The summed E-state index contributed by atoms with van der Waals surface area (Å²) < 4.78 is 5.26. The molecule has 0 saturated heterocycles. The van der Waals surface area contributed by atoms with Crippen LogP contribution < -0.4 is 0 Å². The van der Waals surface area contributed by atoms with Gasteiger partial charge in [0.25, 0.3) is 0 Å². The molecule has 0 saturated carbocycles. The molecule has 0 radical (unpaired) electrons. The maximum Gasteiger partial charge on any atom is 0.245 e. The van der Waals surface area contributed by atoms with E-state index in [4.69, 9.17) is 11.1 Å². The average molecular weight is 220 g/mol. The highest BCUT2D eigenvalue weighted by molar-refractivity contribution is 5.45. The summed E-state index contributed by atoms with van der Waals surface area (Å²) in [6.07, 6.45) is 0. The van der Waals surface area contributed by atoms with Crippen LogP contribution in [0.1, 0.15) is 0 Å². The summed E-state index contributed by atoms with van der Waals surface area (Å²) in [5.41, 5.74) is 16.5. The maximum atomic E-state index is 8.24. The van der Waals surface area contributed by atoms with Gasteiger partial charge < -0.3 is 0 Å². The lowest BCUT2D eigenvalue weighted by Gasteiger charge is -1.92. The number of azide groups is 2. The Labute approximate surface area is 84.9 Å². The zero-order chi connectivity index (χ0) is 11.4. The molecule has 0 amide bonds. The molecule has 16 heavy (non-hydrogen) atoms. The highest BCUT2D eigenvalue weighted by Gasteiger charge is 2.15. The predicted octanol–water partition coefficient (Wildman–Crippen LogP) is 0.929. The smallest absolute Gasteiger partial charge is 0.242 e. The van der Waals surface area contributed by atoms with Crippen molar-refractivity contribution in [3.8, 4) is 5.82 Å². The number of hydrogen-bond acceptors (Lipinski definition) is 8. The Bertz CT molecular complexity index is 539. The fourth-order valence-corrected chi connectivity index (χ4v) is 0.840. The summed E-state index contributed by atoms with van der Waals surface area (Å²) in [6.45, 7) is 0. The minimum absolute atomic E-state index is 0.0785. The van der Waals surface area contributed by atoms with E-state index in [2.05, 4.69) is 50.5 Å². The van der Waals surface area contributed by atoms with Gasteiger partial charge >= 0.3 is 0 Å². The fourth-order valence-electron chi connectivity index (χ4n) is 0.840. The Balaban J connectivity index is 2.58. The van der Waals surface area contributed by atoms with Crippen molar-refractivity contribution >= 4 is 11.8 Å². The Morgan fingerprint density at radius 1 is 1.19 bits per heavy atom. The number of hydrogen-bond donors (Lipinski definition) is 0. The molecular formula is C3N12O. The second kappa shape index (κ2) is 3.91. The summed E-state index contributed by atoms with van der Waals surface area (Å²) in [4.78, 5) is 5.01. The number of rotatable bonds is 3. The van der Waals surface area contributed by atoms with Crippen LogP contribution in [-0.2, 0) is 0 Å². The minimum atomic E-state index is -0.187. The average Bonchev–Trinajstić information content (AvgIpc) is 2.87. The Kier molecular flexibility index (Phi) is 2.30. The lowest BCUT2D eigenvalue weighted by molar-refractivity contribution is 0.306. The first-order valence-electron chi connectivity index (χ1n) is 3.58. The van der Waals surface area contributed by atoms with Crippen molar-refractivity contribution in [3.05, 3.63) is 20.9 Å². The topological polar surface area (TPSA) is 180 Å². The predicted molar refractivity (Wildman–Crippen MR) is 44.6 cm³/mol. The van der Waals surface area contributed by atoms with Crippen LogP contribution in [0, 0.1) is 0 Å². The van der Waals surface area contributed by atoms with Crippen LogP contribution in [0.3, 0.4) is 0 Å². The van der Waals surface area contributed by atoms with Crippen molar-refractivity contribution in [2.45, 2.75) is 0 Å². The summed E-state index contributed by atoms with van der Waals surface area (Å²) in [7, 11) is 0. The summed E-state index contributed by atoms with van der Waals surface area (Å²) in [6, 6.07) is 0. The summed E-state index contributed by atoms with van der Waals surface area (Å²) >= 11 is 0. The van der Waals surface area contributed by atoms with Crippen LogP contribution in [0.4, 0.5) is 11.8 Å². The molecule has 0 aliphatic rings. The van der Waals surface area contributed by atoms with E-state index in [1.165, 1.54) is 0 Å². The summed E-state index contributed by atoms with van der Waals surface area (Å²) in [5.74, 6) is -0.443. The van der Waals surface area contributed by atoms with E-state index in [0.29, 0.717) is 0 Å². The lowest BCUT2D eigenvalue weighted by Crippen LogP contribution is -1.96. The van der Waals surface area contributed by atoms with E-state index in [-0.39, 0.29) is 17.6 Å². The van der Waals surface area contributed by atoms with Gasteiger partial charge in [0.05, 0.1) is 0 Å². The molecule has 0 aromatic carbocycles. The molecule has 0 spiro atoms. The molecule has 2 rings (SSSR count). The maximum absolute atomic E-state index is 8.24. The minimum Gasteiger partial charge on any atom is -0.242 e. The third kappa shape index (κ3) is 1.45. The van der Waals surface area contributed by atoms with Gasteiger partial charge in [-0.2, -0.15) is 4.68 Å². The molecule has 0 aliphatic heterocycles. The second-order valence-electron chi connectivity index (χ2n) is 2.18. The molecule has 13 nitrogen and oxygen atoms in total. The standard InChI is InChI=1S/C3N12O/c4-11-6-1-2(10-16-9-1)15-3(7-12-5)8-13-14-15. The van der Waals surface area contributed by atoms with Crippen LogP contribution >= 0.6 is 0 Å². The first-order chi connectivity index (χ1) is 7.86. The Hall–Kier alpha value is -3.17. The van der Waals surface area contributed by atoms with Gasteiger partial charge in [-0.05, 0) is 42.0 Å². The zero-order valence-electron chi connectivity index (χ0n) is 7.27. The van der Waals surface area contributed by atoms with Gasteiger partial charge in [-0.1, -0.05) is 0 Å². The Morgan fingerprint density at radius 3 is 2.75 bits per heavy atom. The molecule has 78 valence electrons. The van der Waals surface area contributed by atoms with Crippen LogP contribution in [0.2, 0.25) is 0 Å². The van der Waals surface area contributed by atoms with E-state index in [1.54, 1.807) is 0 Å². The van der Waals surface area contributed by atoms with Gasteiger partial charge in [0.1, 0.15) is 0 Å². The molecule has 2 aromatic heterocycles. The van der Waals surface area contributed by atoms with Gasteiger partial charge in [0.15, 0.2) is 0 Å². The second-order valence-corrected chi connectivity index (χ2v) is 2.18. The molecule has 0 bridgehead atoms. The molecule has 0 aliphatic carbocycles. The van der Waals surface area contributed by atoms with E-state index in [1.807, 2.05) is 0 Å². The van der Waals surface area contributed by atoms with Crippen LogP contribution in [0.5, 0.6) is 0 Å².